The molecule has 2 atom stereocenters. The second-order valence-electron chi connectivity index (χ2n) is 9.34. The summed E-state index contributed by atoms with van der Waals surface area (Å²) in [6.45, 7) is 1.53. The van der Waals surface area contributed by atoms with Crippen LogP contribution in [0.2, 0.25) is 5.02 Å². The van der Waals surface area contributed by atoms with Crippen molar-refractivity contribution in [1.82, 2.24) is 19.5 Å². The maximum Gasteiger partial charge on any atom is 0.226 e. The van der Waals surface area contributed by atoms with Crippen molar-refractivity contribution in [2.45, 2.75) is 31.2 Å². The highest BCUT2D eigenvalue weighted by Gasteiger charge is 2.46. The van der Waals surface area contributed by atoms with Crippen LogP contribution in [0.4, 0.5) is 5.82 Å². The van der Waals surface area contributed by atoms with Gasteiger partial charge in [-0.05, 0) is 52.7 Å². The van der Waals surface area contributed by atoms with Crippen molar-refractivity contribution >= 4 is 44.9 Å². The molecular weight excluding hydrogens is 526 g/mol. The standard InChI is InChI=1S/C27H25BrClN5O/c28-22-16-30-34-25(15-24(32-26(22)34)19-8-4-5-9-23(19)29)31-18-10-12-33(13-11-18)27(35)21-14-20(21)17-6-2-1-3-7-17/h1-9,15-16,18,20-21,31H,10-14H2/t20-,21?/m0/s1. The zero-order valence-electron chi connectivity index (χ0n) is 19.1. The van der Waals surface area contributed by atoms with E-state index in [4.69, 9.17) is 16.6 Å². The third-order valence-electron chi connectivity index (χ3n) is 7.07. The number of hydrogen-bond acceptors (Lipinski definition) is 4. The second kappa shape index (κ2) is 9.28. The molecule has 6 rings (SSSR count). The summed E-state index contributed by atoms with van der Waals surface area (Å²) in [5.41, 5.74) is 3.69. The first-order valence-electron chi connectivity index (χ1n) is 12.0. The minimum atomic E-state index is 0.140. The third-order valence-corrected chi connectivity index (χ3v) is 7.96. The van der Waals surface area contributed by atoms with E-state index in [0.717, 1.165) is 59.5 Å². The molecule has 1 saturated heterocycles. The minimum absolute atomic E-state index is 0.140. The van der Waals surface area contributed by atoms with Gasteiger partial charge < -0.3 is 10.2 Å². The summed E-state index contributed by atoms with van der Waals surface area (Å²) in [6, 6.07) is 20.4. The molecule has 8 heteroatoms. The van der Waals surface area contributed by atoms with Crippen LogP contribution >= 0.6 is 27.5 Å². The molecule has 1 N–H and O–H groups in total. The summed E-state index contributed by atoms with van der Waals surface area (Å²) in [4.78, 5) is 19.9. The molecule has 2 fully saturated rings. The van der Waals surface area contributed by atoms with E-state index >= 15 is 0 Å². The Balaban J connectivity index is 1.15. The minimum Gasteiger partial charge on any atom is -0.367 e. The molecule has 4 aromatic rings. The lowest BCUT2D eigenvalue weighted by Crippen LogP contribution is -2.43. The highest BCUT2D eigenvalue weighted by molar-refractivity contribution is 9.10. The lowest BCUT2D eigenvalue weighted by molar-refractivity contribution is -0.133. The number of amides is 1. The molecule has 1 aliphatic carbocycles. The highest BCUT2D eigenvalue weighted by atomic mass is 79.9. The quantitative estimate of drug-likeness (QED) is 0.330. The number of aromatic nitrogens is 3. The molecule has 178 valence electrons. The number of likely N-dealkylation sites (tertiary alicyclic amines) is 1. The topological polar surface area (TPSA) is 62.5 Å². The molecule has 1 amide bonds. The van der Waals surface area contributed by atoms with Crippen LogP contribution in [0.25, 0.3) is 16.9 Å². The molecule has 0 bridgehead atoms. The first-order valence-corrected chi connectivity index (χ1v) is 13.1. The van der Waals surface area contributed by atoms with Crippen LogP contribution < -0.4 is 5.32 Å². The number of fused-ring (bicyclic) bond motifs is 1. The van der Waals surface area contributed by atoms with Crippen LogP contribution in [0, 0.1) is 5.92 Å². The maximum absolute atomic E-state index is 13.1. The number of halogens is 2. The normalized spacial score (nSPS) is 20.2. The summed E-state index contributed by atoms with van der Waals surface area (Å²) in [5.74, 6) is 1.69. The Labute approximate surface area is 217 Å². The van der Waals surface area contributed by atoms with Crippen LogP contribution in [0.3, 0.4) is 0 Å². The molecule has 1 aliphatic heterocycles. The van der Waals surface area contributed by atoms with E-state index in [1.165, 1.54) is 5.56 Å². The third kappa shape index (κ3) is 4.43. The number of rotatable bonds is 5. The van der Waals surface area contributed by atoms with E-state index in [1.807, 2.05) is 45.8 Å². The summed E-state index contributed by atoms with van der Waals surface area (Å²) in [5, 5.41) is 8.82. The van der Waals surface area contributed by atoms with Crippen molar-refractivity contribution in [2.75, 3.05) is 18.4 Å². The van der Waals surface area contributed by atoms with Gasteiger partial charge in [0.2, 0.25) is 5.91 Å². The van der Waals surface area contributed by atoms with Gasteiger partial charge in [0.25, 0.3) is 0 Å². The van der Waals surface area contributed by atoms with Gasteiger partial charge >= 0.3 is 0 Å². The summed E-state index contributed by atoms with van der Waals surface area (Å²) >= 11 is 10.0. The molecule has 2 aromatic carbocycles. The molecule has 35 heavy (non-hydrogen) atoms. The first-order chi connectivity index (χ1) is 17.1. The Morgan fingerprint density at radius 3 is 2.57 bits per heavy atom. The number of hydrogen-bond donors (Lipinski definition) is 1. The van der Waals surface area contributed by atoms with Crippen LogP contribution in [0.15, 0.2) is 71.3 Å². The predicted octanol–water partition coefficient (Wildman–Crippen LogP) is 6.02. The summed E-state index contributed by atoms with van der Waals surface area (Å²) < 4.78 is 2.64. The SMILES string of the molecule is O=C(C1C[C@H]1c1ccccc1)N1CCC(Nc2cc(-c3ccccc3Cl)nc3c(Br)cnn23)CC1. The Hall–Kier alpha value is -2.90. The van der Waals surface area contributed by atoms with Crippen LogP contribution in [0.5, 0.6) is 0 Å². The van der Waals surface area contributed by atoms with Gasteiger partial charge in [-0.25, -0.2) is 4.98 Å². The lowest BCUT2D eigenvalue weighted by atomic mass is 10.0. The molecule has 2 aromatic heterocycles. The van der Waals surface area contributed by atoms with Gasteiger partial charge in [0, 0.05) is 41.7 Å². The number of piperidine rings is 1. The molecule has 1 unspecified atom stereocenters. The molecule has 6 nitrogen and oxygen atoms in total. The van der Waals surface area contributed by atoms with Crippen LogP contribution in [0.1, 0.15) is 30.7 Å². The van der Waals surface area contributed by atoms with Crippen molar-refractivity contribution in [3.8, 4) is 11.3 Å². The van der Waals surface area contributed by atoms with Crippen LogP contribution in [-0.2, 0) is 4.79 Å². The smallest absolute Gasteiger partial charge is 0.226 e. The molecule has 0 spiro atoms. The van der Waals surface area contributed by atoms with E-state index in [9.17, 15) is 4.79 Å². The van der Waals surface area contributed by atoms with Gasteiger partial charge in [-0.1, -0.05) is 60.1 Å². The molecule has 0 radical (unpaired) electrons. The molecule has 3 heterocycles. The predicted molar refractivity (Wildman–Crippen MR) is 142 cm³/mol. The van der Waals surface area contributed by atoms with Gasteiger partial charge in [0.1, 0.15) is 5.82 Å². The van der Waals surface area contributed by atoms with Crippen LogP contribution in [-0.4, -0.2) is 44.5 Å². The van der Waals surface area contributed by atoms with Gasteiger partial charge in [0.15, 0.2) is 5.65 Å². The number of nitrogens with one attached hydrogen (secondary N) is 1. The Morgan fingerprint density at radius 1 is 1.06 bits per heavy atom. The van der Waals surface area contributed by atoms with Crippen molar-refractivity contribution in [2.24, 2.45) is 5.92 Å². The van der Waals surface area contributed by atoms with Gasteiger partial charge in [0.05, 0.1) is 16.4 Å². The van der Waals surface area contributed by atoms with E-state index in [1.54, 1.807) is 6.20 Å². The summed E-state index contributed by atoms with van der Waals surface area (Å²) in [6.07, 6.45) is 4.50. The summed E-state index contributed by atoms with van der Waals surface area (Å²) in [7, 11) is 0. The average Bonchev–Trinajstić information content (AvgIpc) is 3.61. The van der Waals surface area contributed by atoms with E-state index in [0.29, 0.717) is 16.8 Å². The fourth-order valence-electron chi connectivity index (χ4n) is 5.07. The highest BCUT2D eigenvalue weighted by Crippen LogP contribution is 2.48. The molecule has 1 saturated carbocycles. The van der Waals surface area contributed by atoms with E-state index in [-0.39, 0.29) is 12.0 Å². The second-order valence-corrected chi connectivity index (χ2v) is 10.6. The van der Waals surface area contributed by atoms with E-state index < -0.39 is 0 Å². The van der Waals surface area contributed by atoms with Crippen molar-refractivity contribution in [1.29, 1.82) is 0 Å². The van der Waals surface area contributed by atoms with E-state index in [2.05, 4.69) is 50.6 Å². The van der Waals surface area contributed by atoms with Crippen molar-refractivity contribution in [3.05, 3.63) is 81.9 Å². The van der Waals surface area contributed by atoms with Crippen molar-refractivity contribution in [3.63, 3.8) is 0 Å². The van der Waals surface area contributed by atoms with Crippen molar-refractivity contribution < 1.29 is 4.79 Å². The zero-order valence-corrected chi connectivity index (χ0v) is 21.4. The largest absolute Gasteiger partial charge is 0.367 e. The number of carbonyl (C=O) groups excluding carboxylic acids is 1. The Kier molecular flexibility index (Phi) is 5.98. The fourth-order valence-corrected chi connectivity index (χ4v) is 5.65. The Bertz CT molecular complexity index is 1380. The molecular formula is C27H25BrClN5O. The number of anilines is 1. The first kappa shape index (κ1) is 22.6. The number of benzene rings is 2. The monoisotopic (exact) mass is 549 g/mol. The van der Waals surface area contributed by atoms with Gasteiger partial charge in [-0.2, -0.15) is 9.61 Å². The number of nitrogens with zero attached hydrogens (tertiary/aromatic N) is 4. The Morgan fingerprint density at radius 2 is 1.80 bits per heavy atom. The fraction of sp³-hybridized carbons (Fsp3) is 0.296. The lowest BCUT2D eigenvalue weighted by Gasteiger charge is -2.33. The number of carbonyl (C=O) groups is 1. The van der Waals surface area contributed by atoms with Gasteiger partial charge in [-0.15, -0.1) is 0 Å². The average molecular weight is 551 g/mol. The molecule has 2 aliphatic rings. The maximum atomic E-state index is 13.1. The zero-order chi connectivity index (χ0) is 23.9. The van der Waals surface area contributed by atoms with Gasteiger partial charge in [-0.3, -0.25) is 4.79 Å².